The molecule has 0 aromatic heterocycles. The van der Waals surface area contributed by atoms with Gasteiger partial charge in [0.15, 0.2) is 0 Å². The van der Waals surface area contributed by atoms with Crippen LogP contribution in [0.25, 0.3) is 0 Å². The van der Waals surface area contributed by atoms with E-state index in [4.69, 9.17) is 0 Å². The van der Waals surface area contributed by atoms with Crippen LogP contribution in [0, 0.1) is 0 Å². The fourth-order valence-corrected chi connectivity index (χ4v) is 0. The van der Waals surface area contributed by atoms with Crippen LogP contribution in [-0.4, -0.2) is 0 Å². The van der Waals surface area contributed by atoms with Gasteiger partial charge in [0, 0.05) is 0 Å². The second-order valence-corrected chi connectivity index (χ2v) is 0. The average molecular weight is 233 g/mol. The maximum Gasteiger partial charge on any atom is -0.0683 e. The smallest absolute Gasteiger partial charge is 0.0683 e. The Bertz CT molecular complexity index is 0. The maximum atomic E-state index is 2.00. The van der Waals surface area contributed by atoms with Crippen molar-refractivity contribution in [3.05, 3.63) is 0 Å². The second-order valence-electron chi connectivity index (χ2n) is 0. The lowest BCUT2D eigenvalue weighted by molar-refractivity contribution is 1.50. The van der Waals surface area contributed by atoms with Crippen molar-refractivity contribution >= 4 is 0 Å². The molecule has 0 aliphatic carbocycles. The van der Waals surface area contributed by atoms with Crippen molar-refractivity contribution in [1.82, 2.24) is 0 Å². The lowest BCUT2D eigenvalue weighted by Gasteiger charge is -1.07. The van der Waals surface area contributed by atoms with Crippen molar-refractivity contribution in [1.29, 1.82) is 0 Å². The van der Waals surface area contributed by atoms with E-state index in [0.717, 1.165) is 0 Å². The molecule has 112 valence electrons. The Balaban J connectivity index is -0.00000000137. The van der Waals surface area contributed by atoms with Gasteiger partial charge in [0.05, 0.1) is 0 Å². The van der Waals surface area contributed by atoms with Crippen LogP contribution in [0.3, 0.4) is 0 Å². The molecular weight excluding hydrogens is 180 g/mol. The van der Waals surface area contributed by atoms with E-state index in [1.807, 2.05) is 55.4 Å². The SMILES string of the molecule is C.C.C.C.C.C.C.CC.CC.CC.CC. The minimum atomic E-state index is 0. The third kappa shape index (κ3) is 0. The summed E-state index contributed by atoms with van der Waals surface area (Å²) in [6.07, 6.45) is 0. The van der Waals surface area contributed by atoms with Crippen LogP contribution in [0.2, 0.25) is 0 Å². The van der Waals surface area contributed by atoms with E-state index in [9.17, 15) is 0 Å². The lowest BCUT2D eigenvalue weighted by atomic mass is 11.0. The molecule has 0 aromatic carbocycles. The Morgan fingerprint density at radius 2 is 0.200 bits per heavy atom. The normalized spacial score (nSPS) is 1.60. The standard InChI is InChI=1S/4C2H6.7CH4/c4*1-2;;;;;;;/h4*1-2H3;7*1H4. The molecular formula is C15H52. The quantitative estimate of drug-likeness (QED) is 0.392. The van der Waals surface area contributed by atoms with Crippen LogP contribution in [0.4, 0.5) is 0 Å². The van der Waals surface area contributed by atoms with Crippen molar-refractivity contribution < 1.29 is 0 Å². The predicted molar refractivity (Wildman–Crippen MR) is 92.5 cm³/mol. The summed E-state index contributed by atoms with van der Waals surface area (Å²) in [5, 5.41) is 0. The molecule has 0 aliphatic heterocycles. The molecule has 15 heavy (non-hydrogen) atoms. The van der Waals surface area contributed by atoms with Gasteiger partial charge in [0.2, 0.25) is 0 Å². The molecule has 0 radical (unpaired) electrons. The summed E-state index contributed by atoms with van der Waals surface area (Å²) in [6, 6.07) is 0. The van der Waals surface area contributed by atoms with Gasteiger partial charge in [-0.15, -0.1) is 0 Å². The van der Waals surface area contributed by atoms with Gasteiger partial charge >= 0.3 is 0 Å². The molecule has 0 spiro atoms. The summed E-state index contributed by atoms with van der Waals surface area (Å²) in [5.74, 6) is 0. The highest BCUT2D eigenvalue weighted by atomic mass is 13.0. The first kappa shape index (κ1) is 184. The van der Waals surface area contributed by atoms with E-state index >= 15 is 0 Å². The van der Waals surface area contributed by atoms with Gasteiger partial charge in [-0.25, -0.2) is 0 Å². The molecule has 0 rings (SSSR count). The Kier molecular flexibility index (Phi) is 0. The molecule has 0 aliphatic rings. The molecule has 0 N–H and O–H groups in total. The van der Waals surface area contributed by atoms with E-state index in [-0.39, 0.29) is 52.0 Å². The van der Waals surface area contributed by atoms with Crippen molar-refractivity contribution in [2.45, 2.75) is 107 Å². The minimum Gasteiger partial charge on any atom is -0.0776 e. The summed E-state index contributed by atoms with van der Waals surface area (Å²) in [7, 11) is 0. The van der Waals surface area contributed by atoms with Crippen LogP contribution in [-0.2, 0) is 0 Å². The number of hydrogen-bond donors (Lipinski definition) is 0. The highest BCUT2D eigenvalue weighted by Gasteiger charge is 0.938. The fourth-order valence-electron chi connectivity index (χ4n) is 0. The largest absolute Gasteiger partial charge is 0.0776 e. The molecule has 0 heterocycles. The molecule has 0 aromatic rings. The van der Waals surface area contributed by atoms with E-state index < -0.39 is 0 Å². The van der Waals surface area contributed by atoms with Gasteiger partial charge in [-0.05, 0) is 0 Å². The first-order valence-electron chi connectivity index (χ1n) is 4.00. The van der Waals surface area contributed by atoms with Crippen molar-refractivity contribution in [2.24, 2.45) is 0 Å². The monoisotopic (exact) mass is 232 g/mol. The van der Waals surface area contributed by atoms with Crippen LogP contribution in [0.15, 0.2) is 0 Å². The van der Waals surface area contributed by atoms with Crippen LogP contribution >= 0.6 is 0 Å². The topological polar surface area (TPSA) is 0 Å². The zero-order chi connectivity index (χ0) is 8.00. The summed E-state index contributed by atoms with van der Waals surface area (Å²) >= 11 is 0. The Labute approximate surface area is 108 Å². The third-order valence-electron chi connectivity index (χ3n) is 0. The maximum absolute atomic E-state index is 2.00. The first-order chi connectivity index (χ1) is 4.00. The molecule has 0 heteroatoms. The molecule has 0 nitrogen and oxygen atoms in total. The van der Waals surface area contributed by atoms with Crippen LogP contribution < -0.4 is 0 Å². The zero-order valence-electron chi connectivity index (χ0n) is 8.00. The van der Waals surface area contributed by atoms with Crippen molar-refractivity contribution in [3.8, 4) is 0 Å². The highest BCUT2D eigenvalue weighted by Crippen LogP contribution is 1.15. The minimum absolute atomic E-state index is 0. The molecule has 0 bridgehead atoms. The highest BCUT2D eigenvalue weighted by molar-refractivity contribution is 3.51. The Morgan fingerprint density at radius 1 is 0.200 bits per heavy atom. The lowest BCUT2D eigenvalue weighted by Crippen LogP contribution is -0.856. The third-order valence-corrected chi connectivity index (χ3v) is 0. The van der Waals surface area contributed by atoms with Crippen LogP contribution in [0.5, 0.6) is 0 Å². The van der Waals surface area contributed by atoms with Gasteiger partial charge in [0.25, 0.3) is 0 Å². The van der Waals surface area contributed by atoms with Gasteiger partial charge in [-0.3, -0.25) is 0 Å². The van der Waals surface area contributed by atoms with E-state index in [1.165, 1.54) is 0 Å². The molecule has 0 saturated carbocycles. The van der Waals surface area contributed by atoms with Crippen molar-refractivity contribution in [3.63, 3.8) is 0 Å². The van der Waals surface area contributed by atoms with Gasteiger partial charge in [-0.1, -0.05) is 107 Å². The fraction of sp³-hybridized carbons (Fsp3) is 1.00. The molecule has 0 unspecified atom stereocenters. The van der Waals surface area contributed by atoms with E-state index in [2.05, 4.69) is 0 Å². The molecule has 0 fully saturated rings. The second kappa shape index (κ2) is 0. The zero-order valence-corrected chi connectivity index (χ0v) is 8.00. The van der Waals surface area contributed by atoms with Gasteiger partial charge in [0.1, 0.15) is 0 Å². The Hall–Kier alpha value is 0. The molecule has 0 atom stereocenters. The van der Waals surface area contributed by atoms with E-state index in [1.54, 1.807) is 0 Å². The Morgan fingerprint density at radius 3 is 0.200 bits per heavy atom. The van der Waals surface area contributed by atoms with Gasteiger partial charge < -0.3 is 0 Å². The number of rotatable bonds is 0. The van der Waals surface area contributed by atoms with Crippen LogP contribution in [0.1, 0.15) is 107 Å². The summed E-state index contributed by atoms with van der Waals surface area (Å²) in [6.45, 7) is 16.0. The molecule has 0 amide bonds. The first-order valence-corrected chi connectivity index (χ1v) is 4.00. The van der Waals surface area contributed by atoms with Gasteiger partial charge in [-0.2, -0.15) is 0 Å². The summed E-state index contributed by atoms with van der Waals surface area (Å²) in [5.41, 5.74) is 0. The molecule has 0 saturated heterocycles. The predicted octanol–water partition coefficient (Wildman–Crippen LogP) is 8.56. The number of hydrogen-bond acceptors (Lipinski definition) is 0. The van der Waals surface area contributed by atoms with E-state index in [0.29, 0.717) is 0 Å². The summed E-state index contributed by atoms with van der Waals surface area (Å²) < 4.78 is 0. The average Bonchev–Trinajstić information content (AvgIpc) is 2.03. The summed E-state index contributed by atoms with van der Waals surface area (Å²) in [4.78, 5) is 0. The van der Waals surface area contributed by atoms with Crippen molar-refractivity contribution in [2.75, 3.05) is 0 Å².